The van der Waals surface area contributed by atoms with E-state index in [1.165, 1.54) is 22.3 Å². The van der Waals surface area contributed by atoms with E-state index in [0.717, 1.165) is 19.3 Å². The molecule has 0 bridgehead atoms. The van der Waals surface area contributed by atoms with Crippen LogP contribution in [0, 0.1) is 5.92 Å². The van der Waals surface area contributed by atoms with Crippen LogP contribution in [0.2, 0.25) is 0 Å². The Kier molecular flexibility index (Phi) is 4.45. The fraction of sp³-hybridized carbons (Fsp3) is 0.381. The largest absolute Gasteiger partial charge is 0.449 e. The van der Waals surface area contributed by atoms with E-state index in [-0.39, 0.29) is 30.6 Å². The molecule has 4 rings (SSSR count). The Morgan fingerprint density at radius 3 is 2.32 bits per heavy atom. The number of amides is 1. The normalized spacial score (nSPS) is 21.6. The van der Waals surface area contributed by atoms with Gasteiger partial charge in [-0.15, -0.1) is 0 Å². The van der Waals surface area contributed by atoms with Crippen molar-refractivity contribution in [2.75, 3.05) is 13.2 Å². The van der Waals surface area contributed by atoms with E-state index in [9.17, 15) is 9.90 Å². The highest BCUT2D eigenvalue weighted by atomic mass is 16.5. The van der Waals surface area contributed by atoms with Gasteiger partial charge in [-0.2, -0.15) is 0 Å². The monoisotopic (exact) mass is 337 g/mol. The maximum absolute atomic E-state index is 12.2. The molecule has 0 aliphatic heterocycles. The number of hydrogen-bond donors (Lipinski definition) is 2. The average Bonchev–Trinajstić information content (AvgIpc) is 3.22. The number of carbonyl (C=O) groups is 1. The van der Waals surface area contributed by atoms with Gasteiger partial charge < -0.3 is 15.2 Å². The van der Waals surface area contributed by atoms with E-state index in [1.54, 1.807) is 0 Å². The molecule has 4 nitrogen and oxygen atoms in total. The number of rotatable bonds is 4. The van der Waals surface area contributed by atoms with E-state index in [2.05, 4.69) is 29.6 Å². The molecule has 2 N–H and O–H groups in total. The van der Waals surface area contributed by atoms with Gasteiger partial charge in [-0.3, -0.25) is 0 Å². The molecule has 130 valence electrons. The number of fused-ring (bicyclic) bond motifs is 3. The molecule has 2 atom stereocenters. The van der Waals surface area contributed by atoms with E-state index in [4.69, 9.17) is 4.74 Å². The second-order valence-electron chi connectivity index (χ2n) is 6.95. The van der Waals surface area contributed by atoms with Crippen molar-refractivity contribution >= 4 is 6.09 Å². The van der Waals surface area contributed by atoms with Gasteiger partial charge in [-0.1, -0.05) is 55.0 Å². The Bertz CT molecular complexity index is 728. The number of hydrogen-bond acceptors (Lipinski definition) is 3. The Hall–Kier alpha value is -2.33. The second kappa shape index (κ2) is 6.89. The summed E-state index contributed by atoms with van der Waals surface area (Å²) in [4.78, 5) is 12.2. The highest BCUT2D eigenvalue weighted by Gasteiger charge is 2.31. The fourth-order valence-electron chi connectivity index (χ4n) is 4.24. The van der Waals surface area contributed by atoms with Crippen molar-refractivity contribution in [3.05, 3.63) is 59.7 Å². The number of aliphatic hydroxyl groups is 1. The summed E-state index contributed by atoms with van der Waals surface area (Å²) in [7, 11) is 0. The first kappa shape index (κ1) is 16.2. The summed E-state index contributed by atoms with van der Waals surface area (Å²) in [5.41, 5.74) is 4.88. The molecule has 4 heteroatoms. The van der Waals surface area contributed by atoms with E-state index < -0.39 is 0 Å². The van der Waals surface area contributed by atoms with Gasteiger partial charge in [0.15, 0.2) is 0 Å². The number of benzene rings is 2. The molecule has 0 spiro atoms. The van der Waals surface area contributed by atoms with Gasteiger partial charge in [0.05, 0.1) is 0 Å². The maximum atomic E-state index is 12.2. The molecule has 2 aliphatic rings. The van der Waals surface area contributed by atoms with Crippen LogP contribution in [-0.4, -0.2) is 30.5 Å². The molecule has 2 aliphatic carbocycles. The number of aliphatic hydroxyl groups excluding tert-OH is 1. The molecule has 1 saturated carbocycles. The number of alkyl carbamates (subject to hydrolysis) is 1. The molecule has 0 heterocycles. The highest BCUT2D eigenvalue weighted by molar-refractivity contribution is 5.79. The molecule has 1 amide bonds. The molecule has 0 radical (unpaired) electrons. The van der Waals surface area contributed by atoms with Gasteiger partial charge in [-0.25, -0.2) is 4.79 Å². The van der Waals surface area contributed by atoms with Crippen LogP contribution in [-0.2, 0) is 4.74 Å². The van der Waals surface area contributed by atoms with Gasteiger partial charge in [0.2, 0.25) is 0 Å². The van der Waals surface area contributed by atoms with Crippen molar-refractivity contribution in [3.63, 3.8) is 0 Å². The van der Waals surface area contributed by atoms with E-state index in [1.807, 2.05) is 24.3 Å². The van der Waals surface area contributed by atoms with Gasteiger partial charge >= 0.3 is 6.09 Å². The zero-order valence-electron chi connectivity index (χ0n) is 14.2. The van der Waals surface area contributed by atoms with Crippen molar-refractivity contribution < 1.29 is 14.6 Å². The molecule has 0 aromatic heterocycles. The Morgan fingerprint density at radius 2 is 1.68 bits per heavy atom. The van der Waals surface area contributed by atoms with Crippen LogP contribution in [0.5, 0.6) is 0 Å². The Labute approximate surface area is 147 Å². The SMILES string of the molecule is O=C(N[C@H]1CCC[C@H]1CO)OCC1c2ccccc2-c2ccccc21. The predicted molar refractivity (Wildman–Crippen MR) is 96.4 cm³/mol. The molecule has 2 aromatic carbocycles. The lowest BCUT2D eigenvalue weighted by Gasteiger charge is -2.20. The highest BCUT2D eigenvalue weighted by Crippen LogP contribution is 2.44. The molecule has 0 saturated heterocycles. The summed E-state index contributed by atoms with van der Waals surface area (Å²) >= 11 is 0. The standard InChI is InChI=1S/C21H23NO3/c23-12-14-6-5-11-20(14)22-21(24)25-13-19-17-9-3-1-7-15(17)16-8-2-4-10-18(16)19/h1-4,7-10,14,19-20,23H,5-6,11-13H2,(H,22,24)/t14-,20-/m0/s1. The number of ether oxygens (including phenoxy) is 1. The number of carbonyl (C=O) groups excluding carboxylic acids is 1. The molecule has 1 fully saturated rings. The summed E-state index contributed by atoms with van der Waals surface area (Å²) in [6.45, 7) is 0.449. The van der Waals surface area contributed by atoms with E-state index >= 15 is 0 Å². The summed E-state index contributed by atoms with van der Waals surface area (Å²) in [5.74, 6) is 0.232. The van der Waals surface area contributed by atoms with Crippen molar-refractivity contribution in [2.24, 2.45) is 5.92 Å². The molecule has 0 unspecified atom stereocenters. The van der Waals surface area contributed by atoms with Crippen molar-refractivity contribution in [3.8, 4) is 11.1 Å². The third kappa shape index (κ3) is 3.02. The number of nitrogens with one attached hydrogen (secondary N) is 1. The topological polar surface area (TPSA) is 58.6 Å². The van der Waals surface area contributed by atoms with Crippen LogP contribution in [0.25, 0.3) is 11.1 Å². The minimum atomic E-state index is -0.382. The summed E-state index contributed by atoms with van der Waals surface area (Å²) in [5, 5.41) is 12.3. The lowest BCUT2D eigenvalue weighted by molar-refractivity contribution is 0.131. The molecular weight excluding hydrogens is 314 g/mol. The smallest absolute Gasteiger partial charge is 0.407 e. The predicted octanol–water partition coefficient (Wildman–Crippen LogP) is 3.69. The first-order chi connectivity index (χ1) is 12.3. The minimum Gasteiger partial charge on any atom is -0.449 e. The zero-order chi connectivity index (χ0) is 17.2. The molecular formula is C21H23NO3. The minimum absolute atomic E-state index is 0.0284. The van der Waals surface area contributed by atoms with Crippen LogP contribution in [0.1, 0.15) is 36.3 Å². The van der Waals surface area contributed by atoms with Crippen LogP contribution in [0.3, 0.4) is 0 Å². The second-order valence-corrected chi connectivity index (χ2v) is 6.95. The molecule has 25 heavy (non-hydrogen) atoms. The Balaban J connectivity index is 1.45. The lowest BCUT2D eigenvalue weighted by atomic mass is 9.98. The zero-order valence-corrected chi connectivity index (χ0v) is 14.2. The van der Waals surface area contributed by atoms with Crippen molar-refractivity contribution in [1.82, 2.24) is 5.32 Å². The van der Waals surface area contributed by atoms with Crippen LogP contribution in [0.4, 0.5) is 4.79 Å². The van der Waals surface area contributed by atoms with Crippen molar-refractivity contribution in [2.45, 2.75) is 31.2 Å². The summed E-state index contributed by atoms with van der Waals surface area (Å²) in [6, 6.07) is 16.6. The summed E-state index contributed by atoms with van der Waals surface area (Å²) < 4.78 is 5.56. The van der Waals surface area contributed by atoms with Crippen molar-refractivity contribution in [1.29, 1.82) is 0 Å². The van der Waals surface area contributed by atoms with Crippen LogP contribution in [0.15, 0.2) is 48.5 Å². The first-order valence-electron chi connectivity index (χ1n) is 9.00. The van der Waals surface area contributed by atoms with Crippen LogP contribution >= 0.6 is 0 Å². The average molecular weight is 337 g/mol. The van der Waals surface area contributed by atoms with Gasteiger partial charge in [0.1, 0.15) is 6.61 Å². The van der Waals surface area contributed by atoms with E-state index in [0.29, 0.717) is 6.61 Å². The fourth-order valence-corrected chi connectivity index (χ4v) is 4.24. The quantitative estimate of drug-likeness (QED) is 0.895. The Morgan fingerprint density at radius 1 is 1.04 bits per heavy atom. The summed E-state index contributed by atoms with van der Waals surface area (Å²) in [6.07, 6.45) is 2.53. The lowest BCUT2D eigenvalue weighted by Crippen LogP contribution is -2.39. The van der Waals surface area contributed by atoms with Gasteiger partial charge in [0, 0.05) is 24.5 Å². The third-order valence-corrected chi connectivity index (χ3v) is 5.54. The van der Waals surface area contributed by atoms with Gasteiger partial charge in [0.25, 0.3) is 0 Å². The van der Waals surface area contributed by atoms with Gasteiger partial charge in [-0.05, 0) is 35.1 Å². The van der Waals surface area contributed by atoms with Crippen LogP contribution < -0.4 is 5.32 Å². The molecule has 2 aromatic rings. The third-order valence-electron chi connectivity index (χ3n) is 5.54. The first-order valence-corrected chi connectivity index (χ1v) is 9.00. The maximum Gasteiger partial charge on any atom is 0.407 e.